The molecule has 0 fully saturated rings. The van der Waals surface area contributed by atoms with E-state index in [1.165, 1.54) is 0 Å². The van der Waals surface area contributed by atoms with Crippen LogP contribution in [0.5, 0.6) is 5.75 Å². The highest BCUT2D eigenvalue weighted by Gasteiger charge is 2.07. The third-order valence-corrected chi connectivity index (χ3v) is 2.68. The van der Waals surface area contributed by atoms with Crippen molar-refractivity contribution in [3.05, 3.63) is 47.8 Å². The first-order chi connectivity index (χ1) is 8.67. The molecule has 0 spiro atoms. The third kappa shape index (κ3) is 3.20. The van der Waals surface area contributed by atoms with Crippen molar-refractivity contribution >= 4 is 5.78 Å². The number of Topliss-reactive ketones (excluding diaryl/α,β-unsaturated/α-hetero) is 1. The van der Waals surface area contributed by atoms with Crippen molar-refractivity contribution in [3.8, 4) is 5.75 Å². The molecule has 1 heterocycles. The number of aryl methyl sites for hydroxylation is 1. The summed E-state index contributed by atoms with van der Waals surface area (Å²) in [6.45, 7) is 0. The predicted octanol–water partition coefficient (Wildman–Crippen LogP) is 1.78. The molecule has 94 valence electrons. The number of nitrogens with zero attached hydrogens (tertiary/aromatic N) is 2. The van der Waals surface area contributed by atoms with E-state index in [1.54, 1.807) is 11.8 Å². The van der Waals surface area contributed by atoms with Gasteiger partial charge in [-0.2, -0.15) is 5.10 Å². The molecule has 1 aromatic carbocycles. The van der Waals surface area contributed by atoms with Crippen LogP contribution >= 0.6 is 0 Å². The van der Waals surface area contributed by atoms with E-state index in [9.17, 15) is 4.79 Å². The van der Waals surface area contributed by atoms with Crippen LogP contribution in [-0.4, -0.2) is 22.7 Å². The number of hydrogen-bond donors (Lipinski definition) is 0. The minimum Gasteiger partial charge on any atom is -0.497 e. The molecule has 0 amide bonds. The molecule has 0 bridgehead atoms. The second kappa shape index (κ2) is 5.49. The van der Waals surface area contributed by atoms with E-state index in [2.05, 4.69) is 5.10 Å². The van der Waals surface area contributed by atoms with Gasteiger partial charge in [-0.25, -0.2) is 0 Å². The van der Waals surface area contributed by atoms with Gasteiger partial charge in [-0.15, -0.1) is 0 Å². The summed E-state index contributed by atoms with van der Waals surface area (Å²) >= 11 is 0. The number of carbonyl (C=O) groups excluding carboxylic acids is 1. The Hall–Kier alpha value is -2.10. The van der Waals surface area contributed by atoms with Gasteiger partial charge in [0.25, 0.3) is 0 Å². The van der Waals surface area contributed by atoms with E-state index in [4.69, 9.17) is 4.74 Å². The van der Waals surface area contributed by atoms with Crippen molar-refractivity contribution in [2.45, 2.75) is 12.8 Å². The summed E-state index contributed by atoms with van der Waals surface area (Å²) in [7, 11) is 3.46. The molecular formula is C14H16N2O2. The fraction of sp³-hybridized carbons (Fsp3) is 0.286. The van der Waals surface area contributed by atoms with Gasteiger partial charge in [0, 0.05) is 19.7 Å². The average molecular weight is 244 g/mol. The van der Waals surface area contributed by atoms with Crippen LogP contribution in [0.15, 0.2) is 36.5 Å². The Morgan fingerprint density at radius 3 is 2.83 bits per heavy atom. The smallest absolute Gasteiger partial charge is 0.143 e. The van der Waals surface area contributed by atoms with Gasteiger partial charge in [0.15, 0.2) is 0 Å². The molecular weight excluding hydrogens is 228 g/mol. The van der Waals surface area contributed by atoms with Crippen LogP contribution in [0.1, 0.15) is 11.3 Å². The molecule has 1 aromatic heterocycles. The zero-order chi connectivity index (χ0) is 13.0. The largest absolute Gasteiger partial charge is 0.497 e. The molecule has 0 radical (unpaired) electrons. The summed E-state index contributed by atoms with van der Waals surface area (Å²) in [4.78, 5) is 11.9. The summed E-state index contributed by atoms with van der Waals surface area (Å²) in [6, 6.07) is 9.44. The normalized spacial score (nSPS) is 10.3. The van der Waals surface area contributed by atoms with Crippen LogP contribution in [0.25, 0.3) is 0 Å². The molecule has 0 aliphatic heterocycles. The Morgan fingerprint density at radius 2 is 2.17 bits per heavy atom. The number of aromatic nitrogens is 2. The maximum Gasteiger partial charge on any atom is 0.143 e. The first kappa shape index (κ1) is 12.4. The molecule has 18 heavy (non-hydrogen) atoms. The Labute approximate surface area is 106 Å². The fourth-order valence-corrected chi connectivity index (χ4v) is 1.83. The maximum atomic E-state index is 11.9. The zero-order valence-corrected chi connectivity index (χ0v) is 10.6. The van der Waals surface area contributed by atoms with E-state index in [0.29, 0.717) is 12.8 Å². The van der Waals surface area contributed by atoms with Crippen LogP contribution in [0, 0.1) is 0 Å². The lowest BCUT2D eigenvalue weighted by atomic mass is 10.1. The average Bonchev–Trinajstić information content (AvgIpc) is 2.74. The highest BCUT2D eigenvalue weighted by Crippen LogP contribution is 2.13. The Balaban J connectivity index is 1.98. The SMILES string of the molecule is COc1cccc(CC(=O)Cc2ccn(C)n2)c1. The third-order valence-electron chi connectivity index (χ3n) is 2.68. The van der Waals surface area contributed by atoms with Crippen molar-refractivity contribution in [1.29, 1.82) is 0 Å². The standard InChI is InChI=1S/C14H16N2O2/c1-16-7-6-12(15-16)10-13(17)8-11-4-3-5-14(9-11)18-2/h3-7,9H,8,10H2,1-2H3. The Kier molecular flexibility index (Phi) is 3.77. The summed E-state index contributed by atoms with van der Waals surface area (Å²) in [5.74, 6) is 0.931. The van der Waals surface area contributed by atoms with E-state index < -0.39 is 0 Å². The maximum absolute atomic E-state index is 11.9. The molecule has 2 aromatic rings. The number of methoxy groups -OCH3 is 1. The summed E-state index contributed by atoms with van der Waals surface area (Å²) in [6.07, 6.45) is 2.62. The first-order valence-electron chi connectivity index (χ1n) is 5.80. The van der Waals surface area contributed by atoms with Crippen molar-refractivity contribution in [3.63, 3.8) is 0 Å². The van der Waals surface area contributed by atoms with Crippen LogP contribution in [0.4, 0.5) is 0 Å². The molecule has 4 nitrogen and oxygen atoms in total. The van der Waals surface area contributed by atoms with Crippen molar-refractivity contribution in [1.82, 2.24) is 9.78 Å². The lowest BCUT2D eigenvalue weighted by Crippen LogP contribution is -2.07. The lowest BCUT2D eigenvalue weighted by molar-refractivity contribution is -0.117. The molecule has 0 N–H and O–H groups in total. The molecule has 4 heteroatoms. The minimum atomic E-state index is 0.155. The molecule has 0 unspecified atom stereocenters. The molecule has 0 saturated carbocycles. The van der Waals surface area contributed by atoms with Crippen LogP contribution in [0.3, 0.4) is 0 Å². The van der Waals surface area contributed by atoms with Gasteiger partial charge in [-0.05, 0) is 23.8 Å². The molecule has 0 aliphatic carbocycles. The number of rotatable bonds is 5. The van der Waals surface area contributed by atoms with Crippen molar-refractivity contribution in [2.24, 2.45) is 7.05 Å². The highest BCUT2D eigenvalue weighted by molar-refractivity contribution is 5.82. The number of benzene rings is 1. The molecule has 2 rings (SSSR count). The molecule has 0 aliphatic rings. The van der Waals surface area contributed by atoms with Gasteiger partial charge in [-0.3, -0.25) is 9.48 Å². The van der Waals surface area contributed by atoms with Gasteiger partial charge >= 0.3 is 0 Å². The predicted molar refractivity (Wildman–Crippen MR) is 68.6 cm³/mol. The van der Waals surface area contributed by atoms with E-state index >= 15 is 0 Å². The lowest BCUT2D eigenvalue weighted by Gasteiger charge is -2.03. The summed E-state index contributed by atoms with van der Waals surface area (Å²) in [5.41, 5.74) is 1.78. The molecule has 0 saturated heterocycles. The van der Waals surface area contributed by atoms with Crippen LogP contribution in [-0.2, 0) is 24.7 Å². The van der Waals surface area contributed by atoms with Gasteiger partial charge in [0.1, 0.15) is 11.5 Å². The van der Waals surface area contributed by atoms with Crippen molar-refractivity contribution in [2.75, 3.05) is 7.11 Å². The van der Waals surface area contributed by atoms with Crippen LogP contribution < -0.4 is 4.74 Å². The fourth-order valence-electron chi connectivity index (χ4n) is 1.83. The van der Waals surface area contributed by atoms with Crippen molar-refractivity contribution < 1.29 is 9.53 Å². The van der Waals surface area contributed by atoms with Gasteiger partial charge in [0.05, 0.1) is 19.2 Å². The first-order valence-corrected chi connectivity index (χ1v) is 5.80. The topological polar surface area (TPSA) is 44.1 Å². The van der Waals surface area contributed by atoms with Gasteiger partial charge in [-0.1, -0.05) is 12.1 Å². The number of ketones is 1. The molecule has 0 atom stereocenters. The number of carbonyl (C=O) groups is 1. The van der Waals surface area contributed by atoms with Gasteiger partial charge in [0.2, 0.25) is 0 Å². The number of ether oxygens (including phenoxy) is 1. The zero-order valence-electron chi connectivity index (χ0n) is 10.6. The summed E-state index contributed by atoms with van der Waals surface area (Å²) < 4.78 is 6.83. The second-order valence-corrected chi connectivity index (χ2v) is 4.22. The van der Waals surface area contributed by atoms with E-state index in [-0.39, 0.29) is 5.78 Å². The number of hydrogen-bond acceptors (Lipinski definition) is 3. The Morgan fingerprint density at radius 1 is 1.33 bits per heavy atom. The monoisotopic (exact) mass is 244 g/mol. The van der Waals surface area contributed by atoms with E-state index in [1.807, 2.05) is 43.6 Å². The summed E-state index contributed by atoms with van der Waals surface area (Å²) in [5, 5.41) is 4.20. The minimum absolute atomic E-state index is 0.155. The highest BCUT2D eigenvalue weighted by atomic mass is 16.5. The quantitative estimate of drug-likeness (QED) is 0.805. The second-order valence-electron chi connectivity index (χ2n) is 4.22. The van der Waals surface area contributed by atoms with Crippen LogP contribution in [0.2, 0.25) is 0 Å². The Bertz CT molecular complexity index is 546. The van der Waals surface area contributed by atoms with Gasteiger partial charge < -0.3 is 4.74 Å². The van der Waals surface area contributed by atoms with E-state index in [0.717, 1.165) is 17.0 Å².